The Morgan fingerprint density at radius 2 is 2.10 bits per heavy atom. The summed E-state index contributed by atoms with van der Waals surface area (Å²) in [6, 6.07) is 6.34. The molecule has 1 amide bonds. The number of benzene rings is 1. The number of hydrogen-bond acceptors (Lipinski definition) is 3. The topological polar surface area (TPSA) is 46.3 Å². The van der Waals surface area contributed by atoms with E-state index < -0.39 is 0 Å². The van der Waals surface area contributed by atoms with Gasteiger partial charge in [0.1, 0.15) is 4.88 Å². The first-order chi connectivity index (χ1) is 9.58. The SMILES string of the molecule is CN(C(=O)c1sc2ccc(Br)cc2c1N)C1CCCC1. The van der Waals surface area contributed by atoms with Crippen LogP contribution in [0.5, 0.6) is 0 Å². The fraction of sp³-hybridized carbons (Fsp3) is 0.400. The van der Waals surface area contributed by atoms with Crippen molar-refractivity contribution >= 4 is 48.9 Å². The molecular weight excluding hydrogens is 336 g/mol. The van der Waals surface area contributed by atoms with Crippen LogP contribution in [0.1, 0.15) is 35.4 Å². The number of halogens is 1. The zero-order valence-corrected chi connectivity index (χ0v) is 13.8. The van der Waals surface area contributed by atoms with E-state index in [1.165, 1.54) is 24.2 Å². The Hall–Kier alpha value is -1.07. The summed E-state index contributed by atoms with van der Waals surface area (Å²) in [6.45, 7) is 0. The number of hydrogen-bond donors (Lipinski definition) is 1. The van der Waals surface area contributed by atoms with E-state index in [9.17, 15) is 4.79 Å². The molecule has 1 aliphatic carbocycles. The van der Waals surface area contributed by atoms with Gasteiger partial charge >= 0.3 is 0 Å². The highest BCUT2D eigenvalue weighted by molar-refractivity contribution is 9.10. The van der Waals surface area contributed by atoms with Gasteiger partial charge in [-0.1, -0.05) is 28.8 Å². The van der Waals surface area contributed by atoms with Crippen molar-refractivity contribution in [3.8, 4) is 0 Å². The molecule has 3 rings (SSSR count). The summed E-state index contributed by atoms with van der Waals surface area (Å²) in [6.07, 6.45) is 4.66. The van der Waals surface area contributed by atoms with E-state index in [1.807, 2.05) is 30.1 Å². The molecule has 0 radical (unpaired) electrons. The molecule has 1 saturated carbocycles. The van der Waals surface area contributed by atoms with E-state index in [0.717, 1.165) is 27.4 Å². The van der Waals surface area contributed by atoms with Crippen LogP contribution in [0.2, 0.25) is 0 Å². The van der Waals surface area contributed by atoms with Crippen LogP contribution in [0.25, 0.3) is 10.1 Å². The predicted molar refractivity (Wildman–Crippen MR) is 88.3 cm³/mol. The first-order valence-corrected chi connectivity index (χ1v) is 8.43. The number of rotatable bonds is 2. The van der Waals surface area contributed by atoms with Crippen LogP contribution in [-0.2, 0) is 0 Å². The molecule has 1 aromatic heterocycles. The van der Waals surface area contributed by atoms with Gasteiger partial charge in [0.2, 0.25) is 0 Å². The number of nitrogens with zero attached hydrogens (tertiary/aromatic N) is 1. The first kappa shape index (κ1) is 13.9. The van der Waals surface area contributed by atoms with E-state index in [-0.39, 0.29) is 5.91 Å². The molecule has 0 aliphatic heterocycles. The van der Waals surface area contributed by atoms with Crippen molar-refractivity contribution in [2.75, 3.05) is 12.8 Å². The third kappa shape index (κ3) is 2.33. The Kier molecular flexibility index (Phi) is 3.73. The Balaban J connectivity index is 1.96. The molecule has 20 heavy (non-hydrogen) atoms. The van der Waals surface area contributed by atoms with Gasteiger partial charge < -0.3 is 10.6 Å². The minimum atomic E-state index is 0.0618. The molecule has 0 saturated heterocycles. The number of nitrogens with two attached hydrogens (primary N) is 1. The van der Waals surface area contributed by atoms with Gasteiger partial charge in [-0.2, -0.15) is 0 Å². The van der Waals surface area contributed by atoms with Crippen LogP contribution < -0.4 is 5.73 Å². The highest BCUT2D eigenvalue weighted by Gasteiger charge is 2.27. The zero-order chi connectivity index (χ0) is 14.3. The summed E-state index contributed by atoms with van der Waals surface area (Å²) < 4.78 is 2.05. The maximum absolute atomic E-state index is 12.7. The standard InChI is InChI=1S/C15H17BrN2OS/c1-18(10-4-2-3-5-10)15(19)14-13(17)11-8-9(16)6-7-12(11)20-14/h6-8,10H,2-5,17H2,1H3. The molecular formula is C15H17BrN2OS. The Morgan fingerprint density at radius 3 is 2.80 bits per heavy atom. The second-order valence-electron chi connectivity index (χ2n) is 5.34. The molecule has 3 nitrogen and oxygen atoms in total. The van der Waals surface area contributed by atoms with E-state index in [1.54, 1.807) is 0 Å². The average molecular weight is 353 g/mol. The molecule has 2 aromatic rings. The lowest BCUT2D eigenvalue weighted by Gasteiger charge is -2.23. The second-order valence-corrected chi connectivity index (χ2v) is 7.31. The Bertz CT molecular complexity index is 661. The summed E-state index contributed by atoms with van der Waals surface area (Å²) in [7, 11) is 1.90. The largest absolute Gasteiger partial charge is 0.397 e. The van der Waals surface area contributed by atoms with Gasteiger partial charge in [0.25, 0.3) is 5.91 Å². The number of thiophene rings is 1. The molecule has 1 aromatic carbocycles. The average Bonchev–Trinajstić information content (AvgIpc) is 3.06. The van der Waals surface area contributed by atoms with Crippen molar-refractivity contribution in [3.05, 3.63) is 27.5 Å². The molecule has 5 heteroatoms. The number of carbonyl (C=O) groups is 1. The van der Waals surface area contributed by atoms with Crippen molar-refractivity contribution in [1.29, 1.82) is 0 Å². The summed E-state index contributed by atoms with van der Waals surface area (Å²) in [5.74, 6) is 0.0618. The molecule has 1 aliphatic rings. The van der Waals surface area contributed by atoms with Crippen molar-refractivity contribution in [3.63, 3.8) is 0 Å². The van der Waals surface area contributed by atoms with Gasteiger partial charge in [-0.15, -0.1) is 11.3 Å². The van der Waals surface area contributed by atoms with Crippen LogP contribution in [0.3, 0.4) is 0 Å². The smallest absolute Gasteiger partial charge is 0.266 e. The molecule has 0 unspecified atom stereocenters. The monoisotopic (exact) mass is 352 g/mol. The van der Waals surface area contributed by atoms with Gasteiger partial charge in [-0.3, -0.25) is 4.79 Å². The first-order valence-electron chi connectivity index (χ1n) is 6.82. The number of anilines is 1. The van der Waals surface area contributed by atoms with Crippen molar-refractivity contribution in [2.45, 2.75) is 31.7 Å². The van der Waals surface area contributed by atoms with Gasteiger partial charge in [0, 0.05) is 27.6 Å². The van der Waals surface area contributed by atoms with Crippen molar-refractivity contribution in [1.82, 2.24) is 4.90 Å². The number of amides is 1. The summed E-state index contributed by atoms with van der Waals surface area (Å²) in [5, 5.41) is 0.965. The quantitative estimate of drug-likeness (QED) is 0.877. The van der Waals surface area contributed by atoms with E-state index in [0.29, 0.717) is 16.6 Å². The lowest BCUT2D eigenvalue weighted by atomic mass is 10.2. The van der Waals surface area contributed by atoms with Crippen molar-refractivity contribution in [2.24, 2.45) is 0 Å². The van der Waals surface area contributed by atoms with Gasteiger partial charge in [0.15, 0.2) is 0 Å². The molecule has 0 bridgehead atoms. The van der Waals surface area contributed by atoms with Crippen LogP contribution in [0.4, 0.5) is 5.69 Å². The molecule has 1 fully saturated rings. The number of fused-ring (bicyclic) bond motifs is 1. The van der Waals surface area contributed by atoms with Crippen LogP contribution in [0, 0.1) is 0 Å². The maximum Gasteiger partial charge on any atom is 0.266 e. The number of carbonyl (C=O) groups excluding carboxylic acids is 1. The molecule has 0 atom stereocenters. The minimum absolute atomic E-state index is 0.0618. The third-order valence-electron chi connectivity index (χ3n) is 4.08. The molecule has 2 N–H and O–H groups in total. The molecule has 0 spiro atoms. The van der Waals surface area contributed by atoms with E-state index in [2.05, 4.69) is 15.9 Å². The van der Waals surface area contributed by atoms with Gasteiger partial charge in [0.05, 0.1) is 5.69 Å². The van der Waals surface area contributed by atoms with Gasteiger partial charge in [-0.25, -0.2) is 0 Å². The van der Waals surface area contributed by atoms with E-state index in [4.69, 9.17) is 5.73 Å². The summed E-state index contributed by atoms with van der Waals surface area (Å²) in [4.78, 5) is 15.2. The normalized spacial score (nSPS) is 15.9. The van der Waals surface area contributed by atoms with Gasteiger partial charge in [-0.05, 0) is 31.0 Å². The third-order valence-corrected chi connectivity index (χ3v) is 5.74. The maximum atomic E-state index is 12.7. The van der Waals surface area contributed by atoms with Crippen LogP contribution >= 0.6 is 27.3 Å². The second kappa shape index (κ2) is 5.37. The fourth-order valence-electron chi connectivity index (χ4n) is 2.87. The highest BCUT2D eigenvalue weighted by Crippen LogP contribution is 2.36. The zero-order valence-electron chi connectivity index (χ0n) is 11.4. The highest BCUT2D eigenvalue weighted by atomic mass is 79.9. The summed E-state index contributed by atoms with van der Waals surface area (Å²) >= 11 is 4.94. The van der Waals surface area contributed by atoms with E-state index >= 15 is 0 Å². The molecule has 1 heterocycles. The fourth-order valence-corrected chi connectivity index (χ4v) is 4.31. The summed E-state index contributed by atoms with van der Waals surface area (Å²) in [5.41, 5.74) is 6.80. The predicted octanol–water partition coefficient (Wildman–Crippen LogP) is 4.26. The lowest BCUT2D eigenvalue weighted by Crippen LogP contribution is -2.35. The Labute approximate surface area is 130 Å². The van der Waals surface area contributed by atoms with Crippen molar-refractivity contribution < 1.29 is 4.79 Å². The minimum Gasteiger partial charge on any atom is -0.397 e. The Morgan fingerprint density at radius 1 is 1.40 bits per heavy atom. The van der Waals surface area contributed by atoms with Crippen LogP contribution in [0.15, 0.2) is 22.7 Å². The lowest BCUT2D eigenvalue weighted by molar-refractivity contribution is 0.0741. The number of nitrogen functional groups attached to an aromatic ring is 1. The van der Waals surface area contributed by atoms with Crippen LogP contribution in [-0.4, -0.2) is 23.9 Å². The molecule has 106 valence electrons.